The molecule has 0 aliphatic rings. The fraction of sp³-hybridized carbons (Fsp3) is 0.350. The number of nitrogens with zero attached hydrogens (tertiary/aromatic N) is 1. The normalized spacial score (nSPS) is 12.1. The number of nitrogens with one attached hydrogen (secondary N) is 3. The SMILES string of the molecule is CN=C(NCCNS(=O)(=O)c1cc(C)ccc1C)NCc1ccc(F)c(C)c1. The van der Waals surface area contributed by atoms with Gasteiger partial charge < -0.3 is 10.6 Å². The summed E-state index contributed by atoms with van der Waals surface area (Å²) >= 11 is 0. The standard InChI is InChI=1S/C20H27FN4O2S/c1-14-5-6-15(2)19(11-14)28(26,27)25-10-9-23-20(22-4)24-13-17-7-8-18(21)16(3)12-17/h5-8,11-12,25H,9-10,13H2,1-4H3,(H2,22,23,24). The second-order valence-corrected chi connectivity index (χ2v) is 8.34. The van der Waals surface area contributed by atoms with Crippen LogP contribution in [0.1, 0.15) is 22.3 Å². The highest BCUT2D eigenvalue weighted by Gasteiger charge is 2.16. The van der Waals surface area contributed by atoms with Crippen LogP contribution < -0.4 is 15.4 Å². The summed E-state index contributed by atoms with van der Waals surface area (Å²) in [6.45, 7) is 6.41. The van der Waals surface area contributed by atoms with Gasteiger partial charge in [0.25, 0.3) is 0 Å². The number of hydrogen-bond acceptors (Lipinski definition) is 3. The van der Waals surface area contributed by atoms with Gasteiger partial charge in [0, 0.05) is 26.7 Å². The molecule has 0 aliphatic heterocycles. The summed E-state index contributed by atoms with van der Waals surface area (Å²) < 4.78 is 40.9. The monoisotopic (exact) mass is 406 g/mol. The molecule has 6 nitrogen and oxygen atoms in total. The van der Waals surface area contributed by atoms with E-state index in [1.807, 2.05) is 13.0 Å². The van der Waals surface area contributed by atoms with Gasteiger partial charge in [0.05, 0.1) is 4.90 Å². The van der Waals surface area contributed by atoms with Gasteiger partial charge in [-0.25, -0.2) is 17.5 Å². The van der Waals surface area contributed by atoms with Crippen molar-refractivity contribution in [3.63, 3.8) is 0 Å². The molecule has 0 bridgehead atoms. The third kappa shape index (κ3) is 6.03. The van der Waals surface area contributed by atoms with E-state index in [2.05, 4.69) is 20.3 Å². The third-order valence-corrected chi connectivity index (χ3v) is 5.85. The number of aryl methyl sites for hydroxylation is 3. The Kier molecular flexibility index (Phi) is 7.53. The minimum Gasteiger partial charge on any atom is -0.355 e. The molecule has 0 spiro atoms. The maximum absolute atomic E-state index is 13.3. The zero-order valence-corrected chi connectivity index (χ0v) is 17.5. The van der Waals surface area contributed by atoms with E-state index < -0.39 is 10.0 Å². The van der Waals surface area contributed by atoms with E-state index in [0.717, 1.165) is 11.1 Å². The Morgan fingerprint density at radius 2 is 1.75 bits per heavy atom. The predicted octanol–water partition coefficient (Wildman–Crippen LogP) is 2.39. The molecule has 2 aromatic rings. The van der Waals surface area contributed by atoms with E-state index in [-0.39, 0.29) is 12.4 Å². The number of guanidine groups is 1. The fourth-order valence-electron chi connectivity index (χ4n) is 2.66. The van der Waals surface area contributed by atoms with Crippen molar-refractivity contribution in [3.05, 3.63) is 64.5 Å². The smallest absolute Gasteiger partial charge is 0.240 e. The lowest BCUT2D eigenvalue weighted by Crippen LogP contribution is -2.41. The molecule has 0 unspecified atom stereocenters. The zero-order chi connectivity index (χ0) is 20.7. The van der Waals surface area contributed by atoms with Crippen LogP contribution in [0.4, 0.5) is 4.39 Å². The van der Waals surface area contributed by atoms with Crippen molar-refractivity contribution in [2.75, 3.05) is 20.1 Å². The van der Waals surface area contributed by atoms with Crippen LogP contribution in [0.25, 0.3) is 0 Å². The summed E-state index contributed by atoms with van der Waals surface area (Å²) in [6, 6.07) is 10.3. The van der Waals surface area contributed by atoms with Crippen molar-refractivity contribution in [2.24, 2.45) is 4.99 Å². The summed E-state index contributed by atoms with van der Waals surface area (Å²) in [5.74, 6) is 0.301. The predicted molar refractivity (Wildman–Crippen MR) is 110 cm³/mol. The first-order chi connectivity index (χ1) is 13.2. The Labute approximate surface area is 166 Å². The lowest BCUT2D eigenvalue weighted by Gasteiger charge is -2.14. The van der Waals surface area contributed by atoms with Crippen LogP contribution in [0.3, 0.4) is 0 Å². The van der Waals surface area contributed by atoms with Crippen LogP contribution >= 0.6 is 0 Å². The molecule has 0 fully saturated rings. The molecule has 0 radical (unpaired) electrons. The van der Waals surface area contributed by atoms with Gasteiger partial charge in [-0.3, -0.25) is 4.99 Å². The van der Waals surface area contributed by atoms with Crippen LogP contribution in [-0.2, 0) is 16.6 Å². The lowest BCUT2D eigenvalue weighted by atomic mass is 10.1. The molecule has 28 heavy (non-hydrogen) atoms. The zero-order valence-electron chi connectivity index (χ0n) is 16.6. The van der Waals surface area contributed by atoms with E-state index in [9.17, 15) is 12.8 Å². The van der Waals surface area contributed by atoms with E-state index in [4.69, 9.17) is 0 Å². The number of sulfonamides is 1. The number of aliphatic imine (C=N–C) groups is 1. The van der Waals surface area contributed by atoms with E-state index in [1.165, 1.54) is 6.07 Å². The van der Waals surface area contributed by atoms with Gasteiger partial charge in [-0.05, 0) is 55.2 Å². The second kappa shape index (κ2) is 9.66. The topological polar surface area (TPSA) is 82.6 Å². The Balaban J connectivity index is 1.84. The Bertz CT molecular complexity index is 959. The van der Waals surface area contributed by atoms with Gasteiger partial charge in [0.1, 0.15) is 5.82 Å². The van der Waals surface area contributed by atoms with Gasteiger partial charge in [-0.15, -0.1) is 0 Å². The van der Waals surface area contributed by atoms with E-state index in [1.54, 1.807) is 45.2 Å². The summed E-state index contributed by atoms with van der Waals surface area (Å²) in [4.78, 5) is 4.40. The van der Waals surface area contributed by atoms with E-state index >= 15 is 0 Å². The number of benzene rings is 2. The molecule has 0 saturated heterocycles. The molecule has 2 aromatic carbocycles. The maximum Gasteiger partial charge on any atom is 0.240 e. The van der Waals surface area contributed by atoms with Crippen molar-refractivity contribution >= 4 is 16.0 Å². The molecule has 8 heteroatoms. The van der Waals surface area contributed by atoms with Crippen LogP contribution in [-0.4, -0.2) is 34.5 Å². The average molecular weight is 407 g/mol. The van der Waals surface area contributed by atoms with Crippen molar-refractivity contribution in [2.45, 2.75) is 32.2 Å². The summed E-state index contributed by atoms with van der Waals surface area (Å²) in [5.41, 5.74) is 3.11. The van der Waals surface area contributed by atoms with Gasteiger partial charge in [-0.2, -0.15) is 0 Å². The molecule has 0 heterocycles. The Morgan fingerprint density at radius 3 is 2.43 bits per heavy atom. The number of halogens is 1. The van der Waals surface area contributed by atoms with Crippen LogP contribution in [0.2, 0.25) is 0 Å². The largest absolute Gasteiger partial charge is 0.355 e. The van der Waals surface area contributed by atoms with Crippen molar-refractivity contribution < 1.29 is 12.8 Å². The van der Waals surface area contributed by atoms with E-state index in [0.29, 0.717) is 35.1 Å². The first-order valence-electron chi connectivity index (χ1n) is 8.99. The Hall–Kier alpha value is -2.45. The van der Waals surface area contributed by atoms with Crippen LogP contribution in [0, 0.1) is 26.6 Å². The highest BCUT2D eigenvalue weighted by Crippen LogP contribution is 2.16. The molecular formula is C20H27FN4O2S. The first-order valence-corrected chi connectivity index (χ1v) is 10.5. The second-order valence-electron chi connectivity index (χ2n) is 6.60. The van der Waals surface area contributed by atoms with Crippen molar-refractivity contribution in [1.29, 1.82) is 0 Å². The lowest BCUT2D eigenvalue weighted by molar-refractivity contribution is 0.579. The average Bonchev–Trinajstić information content (AvgIpc) is 2.65. The number of hydrogen-bond donors (Lipinski definition) is 3. The summed E-state index contributed by atoms with van der Waals surface area (Å²) in [5, 5.41) is 6.17. The Morgan fingerprint density at radius 1 is 1.00 bits per heavy atom. The van der Waals surface area contributed by atoms with Gasteiger partial charge >= 0.3 is 0 Å². The van der Waals surface area contributed by atoms with Crippen molar-refractivity contribution in [1.82, 2.24) is 15.4 Å². The third-order valence-electron chi connectivity index (χ3n) is 4.25. The summed E-state index contributed by atoms with van der Waals surface area (Å²) in [7, 11) is -1.94. The van der Waals surface area contributed by atoms with Crippen LogP contribution in [0.5, 0.6) is 0 Å². The van der Waals surface area contributed by atoms with Gasteiger partial charge in [0.15, 0.2) is 5.96 Å². The molecule has 0 amide bonds. The molecule has 0 aromatic heterocycles. The number of rotatable bonds is 7. The first kappa shape index (κ1) is 21.8. The molecular weight excluding hydrogens is 379 g/mol. The minimum atomic E-state index is -3.57. The quantitative estimate of drug-likeness (QED) is 0.375. The molecule has 152 valence electrons. The van der Waals surface area contributed by atoms with Crippen molar-refractivity contribution in [3.8, 4) is 0 Å². The fourth-order valence-corrected chi connectivity index (χ4v) is 4.02. The van der Waals surface area contributed by atoms with Crippen LogP contribution in [0.15, 0.2) is 46.3 Å². The highest BCUT2D eigenvalue weighted by atomic mass is 32.2. The summed E-state index contributed by atoms with van der Waals surface area (Å²) in [6.07, 6.45) is 0. The highest BCUT2D eigenvalue weighted by molar-refractivity contribution is 7.89. The molecule has 2 rings (SSSR count). The van der Waals surface area contributed by atoms with Gasteiger partial charge in [0.2, 0.25) is 10.0 Å². The minimum absolute atomic E-state index is 0.214. The molecule has 0 saturated carbocycles. The molecule has 0 aliphatic carbocycles. The maximum atomic E-state index is 13.3. The van der Waals surface area contributed by atoms with Gasteiger partial charge in [-0.1, -0.05) is 24.3 Å². The molecule has 3 N–H and O–H groups in total. The molecule has 0 atom stereocenters.